The Kier molecular flexibility index (Phi) is 4.63. The molecule has 0 fully saturated rings. The quantitative estimate of drug-likeness (QED) is 0.723. The van der Waals surface area contributed by atoms with Crippen LogP contribution in [-0.4, -0.2) is 50.0 Å². The number of rotatable bonds is 6. The third kappa shape index (κ3) is 3.27. The van der Waals surface area contributed by atoms with Gasteiger partial charge in [-0.25, -0.2) is 13.1 Å². The van der Waals surface area contributed by atoms with Crippen LogP contribution in [0.1, 0.15) is 23.4 Å². The van der Waals surface area contributed by atoms with Gasteiger partial charge in [-0.2, -0.15) is 9.97 Å². The molecule has 0 atom stereocenters. The number of hydrogen-bond donors (Lipinski definition) is 1. The van der Waals surface area contributed by atoms with Crippen LogP contribution in [0.5, 0.6) is 12.0 Å². The molecule has 4 rings (SSSR count). The second kappa shape index (κ2) is 6.99. The lowest BCUT2D eigenvalue weighted by Crippen LogP contribution is -2.33. The molecule has 2 aliphatic rings. The highest BCUT2D eigenvalue weighted by atomic mass is 32.2. The fourth-order valence-electron chi connectivity index (χ4n) is 3.46. The highest BCUT2D eigenvalue weighted by Crippen LogP contribution is 2.38. The average molecular weight is 405 g/mol. The first-order chi connectivity index (χ1) is 13.4. The summed E-state index contributed by atoms with van der Waals surface area (Å²) < 4.78 is 38.1. The average Bonchev–Trinajstić information content (AvgIpc) is 3.14. The maximum Gasteiger partial charge on any atom is 0.322 e. The van der Waals surface area contributed by atoms with Gasteiger partial charge in [0.25, 0.3) is 0 Å². The number of nitrogens with one attached hydrogen (secondary N) is 1. The van der Waals surface area contributed by atoms with Gasteiger partial charge >= 0.3 is 12.0 Å². The lowest BCUT2D eigenvalue weighted by atomic mass is 10.00. The molecule has 1 amide bonds. The van der Waals surface area contributed by atoms with Crippen LogP contribution in [0.4, 0.5) is 5.69 Å². The zero-order valence-electron chi connectivity index (χ0n) is 15.4. The zero-order valence-corrected chi connectivity index (χ0v) is 16.2. The van der Waals surface area contributed by atoms with Crippen LogP contribution in [0.25, 0.3) is 0 Å². The van der Waals surface area contributed by atoms with Gasteiger partial charge in [0.05, 0.1) is 31.3 Å². The van der Waals surface area contributed by atoms with Crippen LogP contribution in [0.15, 0.2) is 17.0 Å². The van der Waals surface area contributed by atoms with E-state index < -0.39 is 10.0 Å². The standard InChI is InChI=1S/C17H19N5O5S/c1-26-16-19-13(20-17(21-16)27-2)9-18-28(24,25)12-7-10-3-4-14(23)22-6-5-11(8-12)15(10)22/h7-8,18H,3-6,9H2,1-2H3. The normalized spacial score (nSPS) is 15.5. The smallest absolute Gasteiger partial charge is 0.322 e. The molecule has 148 valence electrons. The second-order valence-corrected chi connectivity index (χ2v) is 8.20. The summed E-state index contributed by atoms with van der Waals surface area (Å²) in [7, 11) is -1.00. The Morgan fingerprint density at radius 3 is 2.32 bits per heavy atom. The molecule has 1 N–H and O–H groups in total. The van der Waals surface area contributed by atoms with Gasteiger partial charge < -0.3 is 14.4 Å². The molecule has 2 aromatic rings. The maximum atomic E-state index is 12.8. The van der Waals surface area contributed by atoms with Crippen molar-refractivity contribution in [3.63, 3.8) is 0 Å². The van der Waals surface area contributed by atoms with Crippen LogP contribution in [0, 0.1) is 0 Å². The van der Waals surface area contributed by atoms with Gasteiger partial charge in [0.1, 0.15) is 0 Å². The van der Waals surface area contributed by atoms with E-state index in [4.69, 9.17) is 9.47 Å². The molecular formula is C17H19N5O5S. The molecule has 0 saturated heterocycles. The minimum Gasteiger partial charge on any atom is -0.467 e. The van der Waals surface area contributed by atoms with E-state index in [1.165, 1.54) is 14.2 Å². The fraction of sp³-hybridized carbons (Fsp3) is 0.412. The second-order valence-electron chi connectivity index (χ2n) is 6.44. The zero-order chi connectivity index (χ0) is 19.9. The number of amides is 1. The van der Waals surface area contributed by atoms with Crippen molar-refractivity contribution in [1.29, 1.82) is 0 Å². The molecule has 28 heavy (non-hydrogen) atoms. The summed E-state index contributed by atoms with van der Waals surface area (Å²) in [5.41, 5.74) is 2.65. The highest BCUT2D eigenvalue weighted by molar-refractivity contribution is 7.89. The van der Waals surface area contributed by atoms with E-state index in [-0.39, 0.29) is 35.2 Å². The van der Waals surface area contributed by atoms with Crippen molar-refractivity contribution in [2.45, 2.75) is 30.7 Å². The molecule has 11 heteroatoms. The number of nitrogens with zero attached hydrogens (tertiary/aromatic N) is 4. The molecule has 2 aliphatic heterocycles. The summed E-state index contributed by atoms with van der Waals surface area (Å²) in [5, 5.41) is 0. The van der Waals surface area contributed by atoms with Crippen molar-refractivity contribution in [2.24, 2.45) is 0 Å². The topological polar surface area (TPSA) is 124 Å². The van der Waals surface area contributed by atoms with Crippen molar-refractivity contribution in [3.8, 4) is 12.0 Å². The van der Waals surface area contributed by atoms with Crippen molar-refractivity contribution >= 4 is 21.6 Å². The Morgan fingerprint density at radius 1 is 1.04 bits per heavy atom. The number of carbonyl (C=O) groups is 1. The molecule has 0 bridgehead atoms. The van der Waals surface area contributed by atoms with Crippen LogP contribution in [0.2, 0.25) is 0 Å². The fourth-order valence-corrected chi connectivity index (χ4v) is 4.54. The third-order valence-electron chi connectivity index (χ3n) is 4.76. The summed E-state index contributed by atoms with van der Waals surface area (Å²) in [6.45, 7) is 0.455. The van der Waals surface area contributed by atoms with E-state index in [0.717, 1.165) is 16.8 Å². The number of methoxy groups -OCH3 is 2. The van der Waals surface area contributed by atoms with Gasteiger partial charge in [-0.15, -0.1) is 4.98 Å². The SMILES string of the molecule is COc1nc(CNS(=O)(=O)c2cc3c4c(c2)CCN4C(=O)CC3)nc(OC)n1. The molecular weight excluding hydrogens is 386 g/mol. The van der Waals surface area contributed by atoms with Gasteiger partial charge in [-0.3, -0.25) is 4.79 Å². The number of carbonyl (C=O) groups excluding carboxylic acids is 1. The Hall–Kier alpha value is -2.79. The monoisotopic (exact) mass is 405 g/mol. The highest BCUT2D eigenvalue weighted by Gasteiger charge is 2.32. The van der Waals surface area contributed by atoms with Crippen molar-refractivity contribution in [2.75, 3.05) is 25.7 Å². The number of aryl methyl sites for hydroxylation is 1. The minimum absolute atomic E-state index is 0.0350. The van der Waals surface area contributed by atoms with E-state index >= 15 is 0 Å². The molecule has 0 aliphatic carbocycles. The Labute approximate surface area is 162 Å². The first kappa shape index (κ1) is 18.6. The minimum atomic E-state index is -3.79. The van der Waals surface area contributed by atoms with E-state index in [0.29, 0.717) is 25.8 Å². The maximum absolute atomic E-state index is 12.8. The summed E-state index contributed by atoms with van der Waals surface area (Å²) in [6.07, 6.45) is 1.59. The largest absolute Gasteiger partial charge is 0.467 e. The van der Waals surface area contributed by atoms with Crippen LogP contribution >= 0.6 is 0 Å². The lowest BCUT2D eigenvalue weighted by Gasteiger charge is -2.25. The molecule has 0 unspecified atom stereocenters. The van der Waals surface area contributed by atoms with Crippen molar-refractivity contribution < 1.29 is 22.7 Å². The lowest BCUT2D eigenvalue weighted by molar-refractivity contribution is -0.118. The van der Waals surface area contributed by atoms with Crippen molar-refractivity contribution in [3.05, 3.63) is 29.1 Å². The molecule has 0 radical (unpaired) electrons. The number of hydrogen-bond acceptors (Lipinski definition) is 8. The third-order valence-corrected chi connectivity index (χ3v) is 6.14. The van der Waals surface area contributed by atoms with Gasteiger partial charge in [0, 0.05) is 13.0 Å². The predicted molar refractivity (Wildman–Crippen MR) is 97.8 cm³/mol. The van der Waals surface area contributed by atoms with Crippen LogP contribution in [0.3, 0.4) is 0 Å². The number of ether oxygens (including phenoxy) is 2. The summed E-state index contributed by atoms with van der Waals surface area (Å²) >= 11 is 0. The molecule has 10 nitrogen and oxygen atoms in total. The van der Waals surface area contributed by atoms with Gasteiger partial charge in [-0.05, 0) is 36.1 Å². The summed E-state index contributed by atoms with van der Waals surface area (Å²) in [4.78, 5) is 25.9. The molecule has 0 spiro atoms. The number of aromatic nitrogens is 3. The van der Waals surface area contributed by atoms with Gasteiger partial charge in [0.15, 0.2) is 5.82 Å². The van der Waals surface area contributed by atoms with E-state index in [1.807, 2.05) is 0 Å². The predicted octanol–water partition coefficient (Wildman–Crippen LogP) is 0.203. The first-order valence-electron chi connectivity index (χ1n) is 8.70. The van der Waals surface area contributed by atoms with Gasteiger partial charge in [-0.1, -0.05) is 0 Å². The van der Waals surface area contributed by atoms with E-state index in [9.17, 15) is 13.2 Å². The van der Waals surface area contributed by atoms with Crippen LogP contribution < -0.4 is 19.1 Å². The molecule has 3 heterocycles. The first-order valence-corrected chi connectivity index (χ1v) is 10.2. The Morgan fingerprint density at radius 2 is 1.68 bits per heavy atom. The molecule has 1 aromatic carbocycles. The summed E-state index contributed by atoms with van der Waals surface area (Å²) in [6, 6.07) is 3.34. The number of anilines is 1. The van der Waals surface area contributed by atoms with Crippen LogP contribution in [-0.2, 0) is 34.2 Å². The summed E-state index contributed by atoms with van der Waals surface area (Å²) in [5.74, 6) is 0.268. The number of benzene rings is 1. The number of sulfonamides is 1. The Balaban J connectivity index is 1.59. The van der Waals surface area contributed by atoms with Crippen molar-refractivity contribution in [1.82, 2.24) is 19.7 Å². The molecule has 0 saturated carbocycles. The van der Waals surface area contributed by atoms with Gasteiger partial charge in [0.2, 0.25) is 15.9 Å². The Bertz CT molecular complexity index is 1030. The van der Waals surface area contributed by atoms with E-state index in [1.54, 1.807) is 17.0 Å². The van der Waals surface area contributed by atoms with E-state index in [2.05, 4.69) is 19.7 Å². The molecule has 1 aromatic heterocycles.